The van der Waals surface area contributed by atoms with Crippen molar-refractivity contribution in [1.29, 1.82) is 0 Å². The fourth-order valence-corrected chi connectivity index (χ4v) is 2.51. The number of aromatic nitrogens is 1. The largest absolute Gasteiger partial charge is 0.354 e. The molecule has 6 heteroatoms. The molecule has 1 aromatic heterocycles. The highest BCUT2D eigenvalue weighted by Gasteiger charge is 2.10. The molecule has 106 valence electrons. The van der Waals surface area contributed by atoms with Crippen molar-refractivity contribution in [2.24, 2.45) is 0 Å². The van der Waals surface area contributed by atoms with Gasteiger partial charge in [-0.1, -0.05) is 35.5 Å². The summed E-state index contributed by atoms with van der Waals surface area (Å²) >= 11 is 1.26. The Balaban J connectivity index is 1.66. The second kappa shape index (κ2) is 5.88. The molecule has 0 radical (unpaired) electrons. The fraction of sp³-hybridized carbons (Fsp3) is 0.0667. The standard InChI is InChI=1S/C15H13N3O2S/c1-10-6-2-5-9-13(10)21-18-15(19)16-14-11-7-3-4-8-12(11)20-17-14/h2-9H,1H3,(H2,16,17,18,19). The molecular weight excluding hydrogens is 286 g/mol. The molecule has 1 heterocycles. The summed E-state index contributed by atoms with van der Waals surface area (Å²) < 4.78 is 7.86. The van der Waals surface area contributed by atoms with Gasteiger partial charge in [0.15, 0.2) is 11.4 Å². The van der Waals surface area contributed by atoms with Crippen LogP contribution in [0.1, 0.15) is 5.56 Å². The van der Waals surface area contributed by atoms with Gasteiger partial charge in [0, 0.05) is 4.90 Å². The molecule has 0 spiro atoms. The monoisotopic (exact) mass is 299 g/mol. The molecule has 0 saturated heterocycles. The predicted molar refractivity (Wildman–Crippen MR) is 83.2 cm³/mol. The molecule has 21 heavy (non-hydrogen) atoms. The molecule has 0 saturated carbocycles. The SMILES string of the molecule is Cc1ccccc1SNC(=O)Nc1noc2ccccc12. The minimum absolute atomic E-state index is 0.345. The third kappa shape index (κ3) is 3.00. The maximum atomic E-state index is 11.9. The maximum absolute atomic E-state index is 11.9. The molecule has 0 atom stereocenters. The van der Waals surface area contributed by atoms with Crippen LogP contribution in [0, 0.1) is 6.92 Å². The van der Waals surface area contributed by atoms with Gasteiger partial charge >= 0.3 is 6.03 Å². The van der Waals surface area contributed by atoms with Crippen molar-refractivity contribution < 1.29 is 9.32 Å². The minimum atomic E-state index is -0.345. The van der Waals surface area contributed by atoms with E-state index in [1.807, 2.05) is 49.4 Å². The fourth-order valence-electron chi connectivity index (χ4n) is 1.88. The molecular formula is C15H13N3O2S. The lowest BCUT2D eigenvalue weighted by Gasteiger charge is -2.06. The zero-order valence-electron chi connectivity index (χ0n) is 11.3. The number of urea groups is 1. The number of benzene rings is 2. The molecule has 3 aromatic rings. The predicted octanol–water partition coefficient (Wildman–Crippen LogP) is 3.97. The van der Waals surface area contributed by atoms with Crippen LogP contribution in [0.15, 0.2) is 57.9 Å². The Morgan fingerprint density at radius 1 is 1.14 bits per heavy atom. The van der Waals surface area contributed by atoms with Gasteiger partial charge in [0.25, 0.3) is 0 Å². The number of fused-ring (bicyclic) bond motifs is 1. The molecule has 0 aliphatic heterocycles. The van der Waals surface area contributed by atoms with Crippen molar-refractivity contribution in [3.05, 3.63) is 54.1 Å². The summed E-state index contributed by atoms with van der Waals surface area (Å²) in [4.78, 5) is 12.9. The third-order valence-electron chi connectivity index (χ3n) is 2.96. The summed E-state index contributed by atoms with van der Waals surface area (Å²) in [7, 11) is 0. The van der Waals surface area contributed by atoms with E-state index in [0.717, 1.165) is 15.8 Å². The van der Waals surface area contributed by atoms with Crippen LogP contribution in [0.2, 0.25) is 0 Å². The second-order valence-corrected chi connectivity index (χ2v) is 5.30. The number of hydrogen-bond acceptors (Lipinski definition) is 4. The van der Waals surface area contributed by atoms with Crippen LogP contribution in [0.3, 0.4) is 0 Å². The molecule has 2 amide bonds. The van der Waals surface area contributed by atoms with Crippen LogP contribution in [0.5, 0.6) is 0 Å². The highest BCUT2D eigenvalue weighted by Crippen LogP contribution is 2.23. The summed E-state index contributed by atoms with van der Waals surface area (Å²) in [5.74, 6) is 0.411. The second-order valence-electron chi connectivity index (χ2n) is 4.45. The third-order valence-corrected chi connectivity index (χ3v) is 3.92. The quantitative estimate of drug-likeness (QED) is 0.718. The van der Waals surface area contributed by atoms with E-state index < -0.39 is 0 Å². The Bertz CT molecular complexity index is 785. The highest BCUT2D eigenvalue weighted by molar-refractivity contribution is 7.98. The summed E-state index contributed by atoms with van der Waals surface area (Å²) in [6.07, 6.45) is 0. The van der Waals surface area contributed by atoms with Crippen molar-refractivity contribution >= 4 is 34.8 Å². The number of rotatable bonds is 3. The van der Waals surface area contributed by atoms with E-state index in [2.05, 4.69) is 15.2 Å². The molecule has 5 nitrogen and oxygen atoms in total. The van der Waals surface area contributed by atoms with Crippen molar-refractivity contribution in [2.45, 2.75) is 11.8 Å². The van der Waals surface area contributed by atoms with E-state index in [1.165, 1.54) is 11.9 Å². The molecule has 0 fully saturated rings. The Kier molecular flexibility index (Phi) is 3.79. The number of nitrogens with zero attached hydrogens (tertiary/aromatic N) is 1. The number of amides is 2. The van der Waals surface area contributed by atoms with Crippen LogP contribution in [0.25, 0.3) is 11.0 Å². The summed E-state index contributed by atoms with van der Waals surface area (Å²) in [6.45, 7) is 1.99. The Morgan fingerprint density at radius 3 is 2.76 bits per heavy atom. The average Bonchev–Trinajstić information content (AvgIpc) is 2.90. The van der Waals surface area contributed by atoms with Gasteiger partial charge in [-0.15, -0.1) is 0 Å². The molecule has 0 aliphatic carbocycles. The van der Waals surface area contributed by atoms with E-state index in [1.54, 1.807) is 6.07 Å². The zero-order valence-corrected chi connectivity index (χ0v) is 12.1. The average molecular weight is 299 g/mol. The van der Waals surface area contributed by atoms with E-state index in [4.69, 9.17) is 4.52 Å². The van der Waals surface area contributed by atoms with Gasteiger partial charge in [0.1, 0.15) is 0 Å². The number of aryl methyl sites for hydroxylation is 1. The van der Waals surface area contributed by atoms with E-state index >= 15 is 0 Å². The first kappa shape index (κ1) is 13.5. The molecule has 0 unspecified atom stereocenters. The van der Waals surface area contributed by atoms with Gasteiger partial charge < -0.3 is 4.52 Å². The van der Waals surface area contributed by atoms with Gasteiger partial charge in [0.2, 0.25) is 0 Å². The number of hydrogen-bond donors (Lipinski definition) is 2. The number of para-hydroxylation sites is 1. The molecule has 3 rings (SSSR count). The Hall–Kier alpha value is -2.47. The van der Waals surface area contributed by atoms with Gasteiger partial charge in [-0.2, -0.15) is 0 Å². The van der Waals surface area contributed by atoms with Gasteiger partial charge in [0.05, 0.1) is 5.39 Å². The lowest BCUT2D eigenvalue weighted by atomic mass is 10.2. The Labute approximate surface area is 125 Å². The summed E-state index contributed by atoms with van der Waals surface area (Å²) in [5.41, 5.74) is 1.74. The minimum Gasteiger partial charge on any atom is -0.354 e. The van der Waals surface area contributed by atoms with Crippen LogP contribution in [0.4, 0.5) is 10.6 Å². The first-order chi connectivity index (χ1) is 10.2. The van der Waals surface area contributed by atoms with E-state index in [9.17, 15) is 4.79 Å². The van der Waals surface area contributed by atoms with Crippen LogP contribution in [-0.4, -0.2) is 11.2 Å². The first-order valence-corrected chi connectivity index (χ1v) is 7.19. The van der Waals surface area contributed by atoms with Crippen molar-refractivity contribution in [3.63, 3.8) is 0 Å². The normalized spacial score (nSPS) is 10.5. The van der Waals surface area contributed by atoms with Crippen molar-refractivity contribution in [1.82, 2.24) is 9.88 Å². The highest BCUT2D eigenvalue weighted by atomic mass is 32.2. The van der Waals surface area contributed by atoms with Gasteiger partial charge in [-0.3, -0.25) is 10.0 Å². The van der Waals surface area contributed by atoms with Gasteiger partial charge in [-0.25, -0.2) is 4.79 Å². The van der Waals surface area contributed by atoms with Gasteiger partial charge in [-0.05, 0) is 42.6 Å². The van der Waals surface area contributed by atoms with Crippen molar-refractivity contribution in [3.8, 4) is 0 Å². The number of carbonyl (C=O) groups is 1. The van der Waals surface area contributed by atoms with Crippen LogP contribution < -0.4 is 10.0 Å². The number of nitrogens with one attached hydrogen (secondary N) is 2. The van der Waals surface area contributed by atoms with Crippen LogP contribution in [-0.2, 0) is 0 Å². The van der Waals surface area contributed by atoms with E-state index in [-0.39, 0.29) is 6.03 Å². The smallest absolute Gasteiger partial charge is 0.330 e. The maximum Gasteiger partial charge on any atom is 0.330 e. The lowest BCUT2D eigenvalue weighted by molar-refractivity contribution is 0.257. The molecule has 0 bridgehead atoms. The number of carbonyl (C=O) groups excluding carboxylic acids is 1. The molecule has 2 aromatic carbocycles. The topological polar surface area (TPSA) is 67.2 Å². The summed E-state index contributed by atoms with van der Waals surface area (Å²) in [5, 5.41) is 7.30. The van der Waals surface area contributed by atoms with E-state index in [0.29, 0.717) is 11.4 Å². The zero-order chi connectivity index (χ0) is 14.7. The van der Waals surface area contributed by atoms with Crippen molar-refractivity contribution in [2.75, 3.05) is 5.32 Å². The van der Waals surface area contributed by atoms with Crippen LogP contribution >= 0.6 is 11.9 Å². The first-order valence-electron chi connectivity index (χ1n) is 6.38. The Morgan fingerprint density at radius 2 is 1.90 bits per heavy atom. The molecule has 0 aliphatic rings. The number of anilines is 1. The summed E-state index contributed by atoms with van der Waals surface area (Å²) in [6, 6.07) is 14.8. The lowest BCUT2D eigenvalue weighted by Crippen LogP contribution is -2.23. The molecule has 2 N–H and O–H groups in total.